The second-order valence-electron chi connectivity index (χ2n) is 3.04. The average Bonchev–Trinajstić information content (AvgIpc) is 2.31. The van der Waals surface area contributed by atoms with E-state index in [1.807, 2.05) is 6.07 Å². The highest BCUT2D eigenvalue weighted by molar-refractivity contribution is 9.10. The minimum atomic E-state index is -0.425. The SMILES string of the molecule is O=C(Oc1ccccc1)c1cccnc1Br. The Kier molecular flexibility index (Phi) is 3.31. The van der Waals surface area contributed by atoms with Gasteiger partial charge in [0, 0.05) is 6.20 Å². The number of esters is 1. The van der Waals surface area contributed by atoms with E-state index in [4.69, 9.17) is 4.74 Å². The van der Waals surface area contributed by atoms with Crippen LogP contribution in [0.4, 0.5) is 0 Å². The molecule has 1 aromatic heterocycles. The molecule has 2 aromatic rings. The van der Waals surface area contributed by atoms with Crippen LogP contribution in [0.5, 0.6) is 5.75 Å². The third kappa shape index (κ3) is 2.46. The third-order valence-electron chi connectivity index (χ3n) is 1.93. The van der Waals surface area contributed by atoms with Gasteiger partial charge >= 0.3 is 5.97 Å². The molecule has 1 aromatic carbocycles. The van der Waals surface area contributed by atoms with Gasteiger partial charge in [-0.15, -0.1) is 0 Å². The van der Waals surface area contributed by atoms with Crippen molar-refractivity contribution >= 4 is 21.9 Å². The highest BCUT2D eigenvalue weighted by atomic mass is 79.9. The van der Waals surface area contributed by atoms with E-state index in [1.54, 1.807) is 42.6 Å². The molecule has 2 rings (SSSR count). The Hall–Kier alpha value is -1.68. The maximum absolute atomic E-state index is 11.7. The zero-order valence-electron chi connectivity index (χ0n) is 8.26. The van der Waals surface area contributed by atoms with Gasteiger partial charge in [-0.3, -0.25) is 0 Å². The van der Waals surface area contributed by atoms with Crippen molar-refractivity contribution in [1.82, 2.24) is 4.98 Å². The number of hydrogen-bond donors (Lipinski definition) is 0. The molecule has 0 saturated heterocycles. The first-order chi connectivity index (χ1) is 7.77. The number of pyridine rings is 1. The van der Waals surface area contributed by atoms with E-state index in [-0.39, 0.29) is 0 Å². The van der Waals surface area contributed by atoms with Crippen LogP contribution in [0, 0.1) is 0 Å². The monoisotopic (exact) mass is 277 g/mol. The van der Waals surface area contributed by atoms with Crippen LogP contribution in [-0.4, -0.2) is 11.0 Å². The van der Waals surface area contributed by atoms with Crippen molar-refractivity contribution < 1.29 is 9.53 Å². The lowest BCUT2D eigenvalue weighted by atomic mass is 10.3. The van der Waals surface area contributed by atoms with Gasteiger partial charge in [-0.1, -0.05) is 18.2 Å². The fraction of sp³-hybridized carbons (Fsp3) is 0. The number of carbonyl (C=O) groups excluding carboxylic acids is 1. The van der Waals surface area contributed by atoms with Crippen LogP contribution in [-0.2, 0) is 0 Å². The minimum absolute atomic E-state index is 0.409. The van der Waals surface area contributed by atoms with Gasteiger partial charge < -0.3 is 4.74 Å². The first-order valence-electron chi connectivity index (χ1n) is 4.65. The van der Waals surface area contributed by atoms with Gasteiger partial charge in [0.15, 0.2) is 0 Å². The number of carbonyl (C=O) groups is 1. The van der Waals surface area contributed by atoms with Crippen LogP contribution in [0.3, 0.4) is 0 Å². The number of rotatable bonds is 2. The molecule has 0 radical (unpaired) electrons. The summed E-state index contributed by atoms with van der Waals surface area (Å²) in [6.07, 6.45) is 1.60. The number of benzene rings is 1. The van der Waals surface area contributed by atoms with Crippen LogP contribution in [0.15, 0.2) is 53.3 Å². The lowest BCUT2D eigenvalue weighted by Gasteiger charge is -2.04. The molecule has 0 aliphatic carbocycles. The molecule has 0 aliphatic heterocycles. The molecule has 4 heteroatoms. The standard InChI is InChI=1S/C12H8BrNO2/c13-11-10(7-4-8-14-11)12(15)16-9-5-2-1-3-6-9/h1-8H. The summed E-state index contributed by atoms with van der Waals surface area (Å²) in [6, 6.07) is 12.3. The fourth-order valence-electron chi connectivity index (χ4n) is 1.19. The highest BCUT2D eigenvalue weighted by Gasteiger charge is 2.12. The summed E-state index contributed by atoms with van der Waals surface area (Å²) in [5, 5.41) is 0. The van der Waals surface area contributed by atoms with E-state index in [9.17, 15) is 4.79 Å². The van der Waals surface area contributed by atoms with E-state index >= 15 is 0 Å². The summed E-state index contributed by atoms with van der Waals surface area (Å²) >= 11 is 3.20. The molecule has 0 atom stereocenters. The van der Waals surface area contributed by atoms with Crippen LogP contribution in [0.25, 0.3) is 0 Å². The van der Waals surface area contributed by atoms with Crippen molar-refractivity contribution in [1.29, 1.82) is 0 Å². The van der Waals surface area contributed by atoms with Gasteiger partial charge in [-0.05, 0) is 40.2 Å². The summed E-state index contributed by atoms with van der Waals surface area (Å²) in [7, 11) is 0. The highest BCUT2D eigenvalue weighted by Crippen LogP contribution is 2.16. The molecule has 0 aliphatic rings. The summed E-state index contributed by atoms with van der Waals surface area (Å²) in [5.41, 5.74) is 0.409. The molecule has 0 amide bonds. The van der Waals surface area contributed by atoms with Gasteiger partial charge in [0.1, 0.15) is 10.4 Å². The van der Waals surface area contributed by atoms with Crippen molar-refractivity contribution in [3.05, 3.63) is 58.8 Å². The number of para-hydroxylation sites is 1. The van der Waals surface area contributed by atoms with Gasteiger partial charge in [0.05, 0.1) is 5.56 Å². The molecular formula is C12H8BrNO2. The molecular weight excluding hydrogens is 270 g/mol. The first kappa shape index (κ1) is 10.8. The predicted octanol–water partition coefficient (Wildman–Crippen LogP) is 3.06. The number of halogens is 1. The van der Waals surface area contributed by atoms with Crippen LogP contribution < -0.4 is 4.74 Å². The van der Waals surface area contributed by atoms with Crippen LogP contribution in [0.2, 0.25) is 0 Å². The number of hydrogen-bond acceptors (Lipinski definition) is 3. The van der Waals surface area contributed by atoms with E-state index in [0.29, 0.717) is 15.9 Å². The van der Waals surface area contributed by atoms with E-state index < -0.39 is 5.97 Å². The quantitative estimate of drug-likeness (QED) is 0.481. The molecule has 0 N–H and O–H groups in total. The normalized spacial score (nSPS) is 9.81. The lowest BCUT2D eigenvalue weighted by Crippen LogP contribution is -2.09. The molecule has 0 spiro atoms. The van der Waals surface area contributed by atoms with Gasteiger partial charge in [0.2, 0.25) is 0 Å². The smallest absolute Gasteiger partial charge is 0.346 e. The van der Waals surface area contributed by atoms with Crippen molar-refractivity contribution in [3.63, 3.8) is 0 Å². The first-order valence-corrected chi connectivity index (χ1v) is 5.44. The summed E-state index contributed by atoms with van der Waals surface area (Å²) in [6.45, 7) is 0. The topological polar surface area (TPSA) is 39.2 Å². The predicted molar refractivity (Wildman–Crippen MR) is 63.3 cm³/mol. The summed E-state index contributed by atoms with van der Waals surface area (Å²) in [5.74, 6) is 0.0921. The Balaban J connectivity index is 2.19. The largest absolute Gasteiger partial charge is 0.423 e. The maximum Gasteiger partial charge on any atom is 0.346 e. The number of nitrogens with zero attached hydrogens (tertiary/aromatic N) is 1. The minimum Gasteiger partial charge on any atom is -0.423 e. The molecule has 1 heterocycles. The van der Waals surface area contributed by atoms with E-state index in [1.165, 1.54) is 0 Å². The lowest BCUT2D eigenvalue weighted by molar-refractivity contribution is 0.0733. The zero-order chi connectivity index (χ0) is 11.4. The van der Waals surface area contributed by atoms with Gasteiger partial charge in [0.25, 0.3) is 0 Å². The Morgan fingerprint density at radius 2 is 1.88 bits per heavy atom. The molecule has 80 valence electrons. The average molecular weight is 278 g/mol. The van der Waals surface area contributed by atoms with Crippen molar-refractivity contribution in [2.24, 2.45) is 0 Å². The van der Waals surface area contributed by atoms with Crippen molar-refractivity contribution in [2.75, 3.05) is 0 Å². The molecule has 0 unspecified atom stereocenters. The maximum atomic E-state index is 11.7. The Labute approximate surface area is 101 Å². The zero-order valence-corrected chi connectivity index (χ0v) is 9.85. The molecule has 16 heavy (non-hydrogen) atoms. The van der Waals surface area contributed by atoms with Gasteiger partial charge in [-0.25, -0.2) is 9.78 Å². The molecule has 0 saturated carbocycles. The Morgan fingerprint density at radius 1 is 1.12 bits per heavy atom. The second kappa shape index (κ2) is 4.90. The molecule has 0 bridgehead atoms. The fourth-order valence-corrected chi connectivity index (χ4v) is 1.60. The van der Waals surface area contributed by atoms with Crippen LogP contribution >= 0.6 is 15.9 Å². The number of ether oxygens (including phenoxy) is 1. The van der Waals surface area contributed by atoms with Crippen LogP contribution in [0.1, 0.15) is 10.4 Å². The molecule has 0 fully saturated rings. The number of aromatic nitrogens is 1. The van der Waals surface area contributed by atoms with Gasteiger partial charge in [-0.2, -0.15) is 0 Å². The summed E-state index contributed by atoms with van der Waals surface area (Å²) < 4.78 is 5.65. The van der Waals surface area contributed by atoms with E-state index in [0.717, 1.165) is 0 Å². The Morgan fingerprint density at radius 3 is 2.56 bits per heavy atom. The summed E-state index contributed by atoms with van der Waals surface area (Å²) in [4.78, 5) is 15.7. The van der Waals surface area contributed by atoms with Crippen molar-refractivity contribution in [2.45, 2.75) is 0 Å². The Bertz CT molecular complexity index is 499. The second-order valence-corrected chi connectivity index (χ2v) is 3.80. The van der Waals surface area contributed by atoms with Crippen molar-refractivity contribution in [3.8, 4) is 5.75 Å². The van der Waals surface area contributed by atoms with E-state index in [2.05, 4.69) is 20.9 Å². The molecule has 3 nitrogen and oxygen atoms in total. The third-order valence-corrected chi connectivity index (χ3v) is 2.56.